The summed E-state index contributed by atoms with van der Waals surface area (Å²) in [7, 11) is -3.78. The number of aryl methyl sites for hydroxylation is 2. The van der Waals surface area contributed by atoms with E-state index in [0.29, 0.717) is 44.4 Å². The molecule has 0 spiro atoms. The van der Waals surface area contributed by atoms with Gasteiger partial charge < -0.3 is 8.94 Å². The fourth-order valence-electron chi connectivity index (χ4n) is 3.47. The third kappa shape index (κ3) is 4.10. The molecule has 0 saturated carbocycles. The van der Waals surface area contributed by atoms with Gasteiger partial charge in [0.05, 0.1) is 4.90 Å². The highest BCUT2D eigenvalue weighted by Crippen LogP contribution is 2.34. The fraction of sp³-hybridized carbons (Fsp3) is 0.0833. The van der Waals surface area contributed by atoms with Gasteiger partial charge in [-0.2, -0.15) is 4.98 Å². The number of nitrogens with zero attached hydrogens (tertiary/aromatic N) is 2. The maximum atomic E-state index is 12.9. The van der Waals surface area contributed by atoms with Gasteiger partial charge in [0.25, 0.3) is 15.9 Å². The van der Waals surface area contributed by atoms with Crippen LogP contribution in [-0.4, -0.2) is 18.6 Å². The summed E-state index contributed by atoms with van der Waals surface area (Å²) in [5.41, 5.74) is 3.45. The predicted molar refractivity (Wildman–Crippen MR) is 127 cm³/mol. The number of halogens is 1. The summed E-state index contributed by atoms with van der Waals surface area (Å²) in [5.74, 6) is 0.950. The van der Waals surface area contributed by atoms with Crippen LogP contribution >= 0.6 is 11.6 Å². The van der Waals surface area contributed by atoms with Crippen molar-refractivity contribution in [2.24, 2.45) is 0 Å². The first-order valence-electron chi connectivity index (χ1n) is 10.0. The molecule has 0 amide bonds. The zero-order chi connectivity index (χ0) is 23.2. The Morgan fingerprint density at radius 2 is 1.76 bits per heavy atom. The van der Waals surface area contributed by atoms with E-state index in [1.54, 1.807) is 42.5 Å². The van der Waals surface area contributed by atoms with Crippen LogP contribution in [0.15, 0.2) is 80.6 Å². The molecule has 33 heavy (non-hydrogen) atoms. The van der Waals surface area contributed by atoms with E-state index in [1.165, 1.54) is 6.07 Å². The van der Waals surface area contributed by atoms with E-state index in [9.17, 15) is 8.42 Å². The second-order valence-electron chi connectivity index (χ2n) is 7.62. The van der Waals surface area contributed by atoms with Gasteiger partial charge in [-0.1, -0.05) is 46.6 Å². The molecule has 2 aromatic heterocycles. The molecular weight excluding hydrogens is 462 g/mol. The summed E-state index contributed by atoms with van der Waals surface area (Å²) in [4.78, 5) is 4.54. The molecule has 0 aliphatic heterocycles. The molecular formula is C24H18ClN3O4S. The molecule has 7 nitrogen and oxygen atoms in total. The van der Waals surface area contributed by atoms with Crippen molar-refractivity contribution in [2.45, 2.75) is 18.7 Å². The zero-order valence-corrected chi connectivity index (χ0v) is 19.2. The van der Waals surface area contributed by atoms with Crippen molar-refractivity contribution in [3.05, 3.63) is 82.9 Å². The van der Waals surface area contributed by atoms with Crippen molar-refractivity contribution in [1.82, 2.24) is 10.1 Å². The lowest BCUT2D eigenvalue weighted by molar-refractivity contribution is 0.419. The second kappa shape index (κ2) is 8.06. The molecule has 0 fully saturated rings. The Morgan fingerprint density at radius 1 is 0.970 bits per heavy atom. The molecule has 0 bridgehead atoms. The Bertz CT molecular complexity index is 1590. The minimum atomic E-state index is -3.78. The Hall–Kier alpha value is -3.62. The Kier molecular flexibility index (Phi) is 5.19. The second-order valence-corrected chi connectivity index (χ2v) is 9.74. The van der Waals surface area contributed by atoms with Crippen LogP contribution < -0.4 is 4.72 Å². The Morgan fingerprint density at radius 3 is 2.52 bits per heavy atom. The number of benzene rings is 3. The van der Waals surface area contributed by atoms with E-state index in [4.69, 9.17) is 20.5 Å². The van der Waals surface area contributed by atoms with E-state index in [0.717, 1.165) is 5.56 Å². The van der Waals surface area contributed by atoms with Crippen LogP contribution in [0.3, 0.4) is 0 Å². The molecule has 0 atom stereocenters. The minimum absolute atomic E-state index is 0.121. The molecule has 3 aromatic carbocycles. The summed E-state index contributed by atoms with van der Waals surface area (Å²) >= 11 is 6.05. The lowest BCUT2D eigenvalue weighted by atomic mass is 10.1. The summed E-state index contributed by atoms with van der Waals surface area (Å²) < 4.78 is 39.8. The number of fused-ring (bicyclic) bond motifs is 1. The van der Waals surface area contributed by atoms with Gasteiger partial charge in [-0.3, -0.25) is 4.72 Å². The van der Waals surface area contributed by atoms with Gasteiger partial charge in [0.15, 0.2) is 5.76 Å². The predicted octanol–water partition coefficient (Wildman–Crippen LogP) is 6.22. The third-order valence-electron chi connectivity index (χ3n) is 5.22. The summed E-state index contributed by atoms with van der Waals surface area (Å²) in [6.07, 6.45) is 0. The quantitative estimate of drug-likeness (QED) is 0.321. The molecule has 0 radical (unpaired) electrons. The highest BCUT2D eigenvalue weighted by Gasteiger charge is 2.22. The van der Waals surface area contributed by atoms with Crippen LogP contribution in [0.5, 0.6) is 0 Å². The number of hydrogen-bond donors (Lipinski definition) is 1. The van der Waals surface area contributed by atoms with Crippen molar-refractivity contribution >= 4 is 38.3 Å². The molecule has 5 aromatic rings. The van der Waals surface area contributed by atoms with Crippen molar-refractivity contribution in [3.8, 4) is 23.0 Å². The third-order valence-corrected chi connectivity index (χ3v) is 6.84. The molecule has 0 aliphatic carbocycles. The number of furan rings is 1. The van der Waals surface area contributed by atoms with Crippen molar-refractivity contribution < 1.29 is 17.4 Å². The van der Waals surface area contributed by atoms with Gasteiger partial charge in [-0.05, 0) is 56.3 Å². The number of sulfonamides is 1. The molecule has 9 heteroatoms. The lowest BCUT2D eigenvalue weighted by Crippen LogP contribution is -2.12. The van der Waals surface area contributed by atoms with Crippen molar-refractivity contribution in [2.75, 3.05) is 4.72 Å². The largest absolute Gasteiger partial charge is 0.451 e. The topological polar surface area (TPSA) is 98.2 Å². The molecule has 1 N–H and O–H groups in total. The van der Waals surface area contributed by atoms with Crippen LogP contribution in [0, 0.1) is 13.8 Å². The van der Waals surface area contributed by atoms with E-state index in [-0.39, 0.29) is 10.8 Å². The zero-order valence-electron chi connectivity index (χ0n) is 17.7. The highest BCUT2D eigenvalue weighted by atomic mass is 35.5. The summed E-state index contributed by atoms with van der Waals surface area (Å²) in [6.45, 7) is 3.75. The van der Waals surface area contributed by atoms with Crippen LogP contribution in [0.1, 0.15) is 11.1 Å². The number of rotatable bonds is 5. The summed E-state index contributed by atoms with van der Waals surface area (Å²) in [5, 5.41) is 5.21. The van der Waals surface area contributed by atoms with Gasteiger partial charge in [0.2, 0.25) is 5.82 Å². The molecule has 0 unspecified atom stereocenters. The monoisotopic (exact) mass is 479 g/mol. The van der Waals surface area contributed by atoms with Crippen molar-refractivity contribution in [1.29, 1.82) is 0 Å². The number of hydrogen-bond acceptors (Lipinski definition) is 6. The Labute approximate surface area is 195 Å². The maximum Gasteiger partial charge on any atom is 0.294 e. The van der Waals surface area contributed by atoms with E-state index in [2.05, 4.69) is 14.9 Å². The van der Waals surface area contributed by atoms with Crippen LogP contribution in [0.4, 0.5) is 5.69 Å². The first-order valence-corrected chi connectivity index (χ1v) is 11.9. The molecule has 0 aliphatic rings. The van der Waals surface area contributed by atoms with Gasteiger partial charge in [-0.25, -0.2) is 8.42 Å². The van der Waals surface area contributed by atoms with Crippen molar-refractivity contribution in [3.63, 3.8) is 0 Å². The normalized spacial score (nSPS) is 11.7. The number of anilines is 1. The Balaban J connectivity index is 1.50. The number of aromatic nitrogens is 2. The highest BCUT2D eigenvalue weighted by molar-refractivity contribution is 7.92. The molecule has 166 valence electrons. The van der Waals surface area contributed by atoms with Crippen LogP contribution in [-0.2, 0) is 10.0 Å². The maximum absolute atomic E-state index is 12.9. The van der Waals surface area contributed by atoms with Gasteiger partial charge in [-0.15, -0.1) is 0 Å². The average molecular weight is 480 g/mol. The average Bonchev–Trinajstić information content (AvgIpc) is 3.40. The van der Waals surface area contributed by atoms with Gasteiger partial charge in [0, 0.05) is 27.2 Å². The fourth-order valence-corrected chi connectivity index (χ4v) is 4.74. The van der Waals surface area contributed by atoms with Gasteiger partial charge >= 0.3 is 0 Å². The van der Waals surface area contributed by atoms with Crippen LogP contribution in [0.2, 0.25) is 5.02 Å². The van der Waals surface area contributed by atoms with Gasteiger partial charge in [0.1, 0.15) is 5.58 Å². The molecule has 0 saturated heterocycles. The first kappa shape index (κ1) is 21.2. The molecule has 2 heterocycles. The summed E-state index contributed by atoms with van der Waals surface area (Å²) in [6, 6.07) is 18.9. The van der Waals surface area contributed by atoms with E-state index in [1.807, 2.05) is 32.0 Å². The smallest absolute Gasteiger partial charge is 0.294 e. The number of nitrogens with one attached hydrogen (secondary N) is 1. The lowest BCUT2D eigenvalue weighted by Gasteiger charge is -2.08. The van der Waals surface area contributed by atoms with E-state index < -0.39 is 10.0 Å². The van der Waals surface area contributed by atoms with Crippen LogP contribution in [0.25, 0.3) is 34.0 Å². The standard InChI is InChI=1S/C24H18ClN3O4S/c1-14-6-8-18(9-7-14)28-33(29,30)19-10-11-21-20(13-19)15(2)22(31-21)24-26-23(27-32-24)16-4-3-5-17(25)12-16/h3-13,28H,1-2H3. The minimum Gasteiger partial charge on any atom is -0.451 e. The SMILES string of the molecule is Cc1ccc(NS(=O)(=O)c2ccc3oc(-c4nc(-c5cccc(Cl)c5)no4)c(C)c3c2)cc1. The first-order chi connectivity index (χ1) is 15.8. The van der Waals surface area contributed by atoms with E-state index >= 15 is 0 Å². The molecule has 5 rings (SSSR count).